The summed E-state index contributed by atoms with van der Waals surface area (Å²) in [7, 11) is 1.60. The second-order valence-corrected chi connectivity index (χ2v) is 7.27. The topological polar surface area (TPSA) is 66.8 Å². The summed E-state index contributed by atoms with van der Waals surface area (Å²) in [5.74, 6) is -1.04. The fraction of sp³-hybridized carbons (Fsp3) is 0.364. The highest BCUT2D eigenvalue weighted by atomic mass is 16.5. The largest absolute Gasteiger partial charge is 0.497 e. The Balaban J connectivity index is 1.88. The van der Waals surface area contributed by atoms with E-state index in [1.165, 1.54) is 0 Å². The molecule has 0 radical (unpaired) electrons. The lowest BCUT2D eigenvalue weighted by Crippen LogP contribution is -2.49. The van der Waals surface area contributed by atoms with Crippen LogP contribution in [-0.2, 0) is 4.79 Å². The number of aliphatic carboxylic acids is 1. The summed E-state index contributed by atoms with van der Waals surface area (Å²) in [6.07, 6.45) is 3.99. The van der Waals surface area contributed by atoms with Gasteiger partial charge in [-0.15, -0.1) is 0 Å². The van der Waals surface area contributed by atoms with Crippen LogP contribution in [0.15, 0.2) is 48.5 Å². The average Bonchev–Trinajstić information content (AvgIpc) is 3.22. The van der Waals surface area contributed by atoms with Crippen LogP contribution < -0.4 is 4.74 Å². The molecule has 0 spiro atoms. The highest BCUT2D eigenvalue weighted by molar-refractivity contribution is 6.00. The van der Waals surface area contributed by atoms with Gasteiger partial charge in [0.2, 0.25) is 0 Å². The number of carbonyl (C=O) groups excluding carboxylic acids is 1. The van der Waals surface area contributed by atoms with Gasteiger partial charge in [0.15, 0.2) is 0 Å². The fourth-order valence-electron chi connectivity index (χ4n) is 4.56. The number of nitrogens with zero attached hydrogens (tertiary/aromatic N) is 1. The van der Waals surface area contributed by atoms with E-state index in [2.05, 4.69) is 0 Å². The van der Waals surface area contributed by atoms with E-state index in [-0.39, 0.29) is 11.9 Å². The van der Waals surface area contributed by atoms with Crippen molar-refractivity contribution in [1.29, 1.82) is 0 Å². The molecule has 1 heterocycles. The van der Waals surface area contributed by atoms with Crippen LogP contribution in [0.1, 0.15) is 59.1 Å². The van der Waals surface area contributed by atoms with Crippen molar-refractivity contribution in [1.82, 2.24) is 4.90 Å². The van der Waals surface area contributed by atoms with Crippen LogP contribution in [-0.4, -0.2) is 35.0 Å². The number of fused-ring (bicyclic) bond motifs is 1. The zero-order valence-electron chi connectivity index (χ0n) is 15.3. The van der Waals surface area contributed by atoms with E-state index in [9.17, 15) is 14.7 Å². The van der Waals surface area contributed by atoms with E-state index in [0.29, 0.717) is 16.9 Å². The maximum atomic E-state index is 13.4. The first-order valence-electron chi connectivity index (χ1n) is 9.40. The predicted molar refractivity (Wildman–Crippen MR) is 101 cm³/mol. The molecule has 5 heteroatoms. The number of carboxylic acids is 1. The summed E-state index contributed by atoms with van der Waals surface area (Å²) in [6, 6.07) is 14.1. The standard InChI is InChI=1S/C22H23NO4/c1-27-16-12-10-14(11-13-16)20-19(22(25)26)17-8-4-5-9-18(17)21(24)23(20)15-6-2-3-7-15/h4-5,8-13,15,19-20H,2-3,6-7H2,1H3,(H,25,26)/t19-,20-/m0/s1. The van der Waals surface area contributed by atoms with Gasteiger partial charge in [0.05, 0.1) is 13.2 Å². The first-order chi connectivity index (χ1) is 13.1. The Morgan fingerprint density at radius 2 is 1.74 bits per heavy atom. The molecule has 5 nitrogen and oxygen atoms in total. The number of amides is 1. The molecule has 2 aliphatic rings. The van der Waals surface area contributed by atoms with Gasteiger partial charge in [0, 0.05) is 11.6 Å². The van der Waals surface area contributed by atoms with Crippen LogP contribution in [0, 0.1) is 0 Å². The van der Waals surface area contributed by atoms with Gasteiger partial charge < -0.3 is 14.7 Å². The summed E-state index contributed by atoms with van der Waals surface area (Å²) < 4.78 is 5.24. The normalized spacial score (nSPS) is 22.6. The lowest BCUT2D eigenvalue weighted by atomic mass is 9.79. The van der Waals surface area contributed by atoms with Crippen molar-refractivity contribution in [2.45, 2.75) is 43.7 Å². The van der Waals surface area contributed by atoms with E-state index in [1.54, 1.807) is 31.4 Å². The van der Waals surface area contributed by atoms with Gasteiger partial charge in [-0.25, -0.2) is 0 Å². The summed E-state index contributed by atoms with van der Waals surface area (Å²) >= 11 is 0. The minimum atomic E-state index is -0.904. The van der Waals surface area contributed by atoms with Crippen molar-refractivity contribution in [3.05, 3.63) is 65.2 Å². The van der Waals surface area contributed by atoms with Gasteiger partial charge in [-0.3, -0.25) is 9.59 Å². The van der Waals surface area contributed by atoms with Crippen LogP contribution in [0.3, 0.4) is 0 Å². The van der Waals surface area contributed by atoms with Crippen molar-refractivity contribution in [3.8, 4) is 5.75 Å². The highest BCUT2D eigenvalue weighted by Crippen LogP contribution is 2.46. The van der Waals surface area contributed by atoms with Crippen LogP contribution in [0.5, 0.6) is 5.75 Å². The molecule has 2 atom stereocenters. The van der Waals surface area contributed by atoms with Crippen molar-refractivity contribution in [2.24, 2.45) is 0 Å². The predicted octanol–water partition coefficient (Wildman–Crippen LogP) is 4.00. The van der Waals surface area contributed by atoms with E-state index >= 15 is 0 Å². The number of ether oxygens (including phenoxy) is 1. The molecule has 2 aromatic rings. The Labute approximate surface area is 158 Å². The van der Waals surface area contributed by atoms with E-state index < -0.39 is 17.9 Å². The van der Waals surface area contributed by atoms with E-state index in [1.807, 2.05) is 29.2 Å². The number of hydrogen-bond donors (Lipinski definition) is 1. The smallest absolute Gasteiger partial charge is 0.313 e. The number of methoxy groups -OCH3 is 1. The molecular weight excluding hydrogens is 342 g/mol. The zero-order valence-corrected chi connectivity index (χ0v) is 15.3. The van der Waals surface area contributed by atoms with Crippen LogP contribution in [0.4, 0.5) is 0 Å². The van der Waals surface area contributed by atoms with Crippen molar-refractivity contribution in [2.75, 3.05) is 7.11 Å². The SMILES string of the molecule is COc1ccc([C@H]2[C@@H](C(=O)O)c3ccccc3C(=O)N2C2CCCC2)cc1. The number of carbonyl (C=O) groups is 2. The molecule has 2 aromatic carbocycles. The molecule has 4 rings (SSSR count). The van der Waals surface area contributed by atoms with Crippen molar-refractivity contribution in [3.63, 3.8) is 0 Å². The Hall–Kier alpha value is -2.82. The molecule has 140 valence electrons. The van der Waals surface area contributed by atoms with Gasteiger partial charge in [-0.1, -0.05) is 43.2 Å². The maximum Gasteiger partial charge on any atom is 0.313 e. The highest BCUT2D eigenvalue weighted by Gasteiger charge is 2.47. The summed E-state index contributed by atoms with van der Waals surface area (Å²) in [5, 5.41) is 10.1. The Morgan fingerprint density at radius 3 is 2.37 bits per heavy atom. The summed E-state index contributed by atoms with van der Waals surface area (Å²) in [6.45, 7) is 0. The molecule has 0 aromatic heterocycles. The van der Waals surface area contributed by atoms with Gasteiger partial charge in [0.25, 0.3) is 5.91 Å². The number of benzene rings is 2. The molecular formula is C22H23NO4. The molecule has 1 N–H and O–H groups in total. The van der Waals surface area contributed by atoms with Gasteiger partial charge in [0.1, 0.15) is 11.7 Å². The Morgan fingerprint density at radius 1 is 1.07 bits per heavy atom. The molecule has 1 fully saturated rings. The third-order valence-electron chi connectivity index (χ3n) is 5.82. The van der Waals surface area contributed by atoms with E-state index in [4.69, 9.17) is 4.74 Å². The molecule has 0 saturated heterocycles. The quantitative estimate of drug-likeness (QED) is 0.889. The Bertz CT molecular complexity index is 855. The van der Waals surface area contributed by atoms with Crippen molar-refractivity contribution >= 4 is 11.9 Å². The second-order valence-electron chi connectivity index (χ2n) is 7.27. The van der Waals surface area contributed by atoms with Crippen LogP contribution >= 0.6 is 0 Å². The second kappa shape index (κ2) is 7.06. The first kappa shape index (κ1) is 17.6. The van der Waals surface area contributed by atoms with E-state index in [0.717, 1.165) is 31.2 Å². The fourth-order valence-corrected chi connectivity index (χ4v) is 4.56. The average molecular weight is 365 g/mol. The molecule has 1 amide bonds. The minimum absolute atomic E-state index is 0.0594. The number of carboxylic acid groups (broad SMARTS) is 1. The maximum absolute atomic E-state index is 13.4. The van der Waals surface area contributed by atoms with Gasteiger partial charge in [-0.2, -0.15) is 0 Å². The summed E-state index contributed by atoms with van der Waals surface area (Å²) in [5.41, 5.74) is 1.95. The third kappa shape index (κ3) is 2.97. The number of rotatable bonds is 4. The lowest BCUT2D eigenvalue weighted by Gasteiger charge is -2.44. The zero-order chi connectivity index (χ0) is 19.0. The molecule has 0 unspecified atom stereocenters. The Kier molecular flexibility index (Phi) is 4.60. The molecule has 27 heavy (non-hydrogen) atoms. The molecule has 0 bridgehead atoms. The molecule has 1 saturated carbocycles. The number of hydrogen-bond acceptors (Lipinski definition) is 3. The lowest BCUT2D eigenvalue weighted by molar-refractivity contribution is -0.140. The van der Waals surface area contributed by atoms with Crippen molar-refractivity contribution < 1.29 is 19.4 Å². The third-order valence-corrected chi connectivity index (χ3v) is 5.82. The monoisotopic (exact) mass is 365 g/mol. The van der Waals surface area contributed by atoms with Gasteiger partial charge in [-0.05, 0) is 42.2 Å². The summed E-state index contributed by atoms with van der Waals surface area (Å²) in [4.78, 5) is 27.6. The van der Waals surface area contributed by atoms with Crippen LogP contribution in [0.25, 0.3) is 0 Å². The minimum Gasteiger partial charge on any atom is -0.497 e. The first-order valence-corrected chi connectivity index (χ1v) is 9.40. The van der Waals surface area contributed by atoms with Gasteiger partial charge >= 0.3 is 5.97 Å². The van der Waals surface area contributed by atoms with Crippen LogP contribution in [0.2, 0.25) is 0 Å². The molecule has 1 aliphatic carbocycles. The molecule has 1 aliphatic heterocycles.